The molecule has 7 nitrogen and oxygen atoms in total. The number of benzene rings is 2. The van der Waals surface area contributed by atoms with Crippen molar-refractivity contribution in [2.75, 3.05) is 18.2 Å². The van der Waals surface area contributed by atoms with E-state index in [0.717, 1.165) is 35.1 Å². The van der Waals surface area contributed by atoms with Crippen LogP contribution >= 0.6 is 35.3 Å². The fourth-order valence-electron chi connectivity index (χ4n) is 3.21. The van der Waals surface area contributed by atoms with Gasteiger partial charge in [-0.25, -0.2) is 4.98 Å². The van der Waals surface area contributed by atoms with Crippen LogP contribution < -0.4 is 15.6 Å². The molecule has 0 spiro atoms. The zero-order valence-electron chi connectivity index (χ0n) is 17.4. The van der Waals surface area contributed by atoms with Gasteiger partial charge in [-0.1, -0.05) is 54.3 Å². The number of hydrogen-bond donors (Lipinski definition) is 2. The molecule has 0 unspecified atom stereocenters. The van der Waals surface area contributed by atoms with Crippen molar-refractivity contribution in [3.8, 4) is 11.4 Å². The van der Waals surface area contributed by atoms with Gasteiger partial charge in [0.15, 0.2) is 14.8 Å². The minimum Gasteiger partial charge on any atom is -0.497 e. The van der Waals surface area contributed by atoms with Gasteiger partial charge in [-0.2, -0.15) is 0 Å². The first-order valence-corrected chi connectivity index (χ1v) is 12.0. The van der Waals surface area contributed by atoms with Gasteiger partial charge in [0, 0.05) is 11.8 Å². The number of nitrogens with one attached hydrogen (secondary N) is 2. The van der Waals surface area contributed by atoms with E-state index < -0.39 is 0 Å². The van der Waals surface area contributed by atoms with E-state index in [1.165, 1.54) is 11.3 Å². The van der Waals surface area contributed by atoms with E-state index >= 15 is 0 Å². The van der Waals surface area contributed by atoms with E-state index in [0.29, 0.717) is 25.2 Å². The summed E-state index contributed by atoms with van der Waals surface area (Å²) in [5, 5.41) is 3.28. The number of amides is 1. The molecule has 10 heteroatoms. The van der Waals surface area contributed by atoms with Crippen molar-refractivity contribution in [1.82, 2.24) is 14.5 Å². The van der Waals surface area contributed by atoms with E-state index in [4.69, 9.17) is 17.0 Å². The van der Waals surface area contributed by atoms with Crippen LogP contribution in [0, 0.1) is 3.95 Å². The molecule has 1 amide bonds. The summed E-state index contributed by atoms with van der Waals surface area (Å²) in [6.07, 6.45) is 0.820. The molecule has 2 heterocycles. The third kappa shape index (κ3) is 4.62. The summed E-state index contributed by atoms with van der Waals surface area (Å²) in [5.41, 5.74) is 2.78. The fraction of sp³-hybridized carbons (Fsp3) is 0.182. The van der Waals surface area contributed by atoms with Crippen LogP contribution in [0.25, 0.3) is 16.0 Å². The second-order valence-corrected chi connectivity index (χ2v) is 9.38. The number of thioether (sulfide) groups is 1. The number of ether oxygens (including phenoxy) is 1. The standard InChI is InChI=1S/C22H20N4O3S3/c1-3-13-7-4-5-10-16(13)23-17(27)12-31-21-24-19-18(20(28)25-21)32-22(30)26(19)14-8-6-9-15(11-14)29-2/h4-11H,3,12H2,1-2H3,(H,23,27)(H,24,25,28). The lowest BCUT2D eigenvalue weighted by Crippen LogP contribution is -2.16. The van der Waals surface area contributed by atoms with Crippen molar-refractivity contribution in [2.24, 2.45) is 0 Å². The number of fused-ring (bicyclic) bond motifs is 1. The summed E-state index contributed by atoms with van der Waals surface area (Å²) in [6, 6.07) is 15.1. The highest BCUT2D eigenvalue weighted by molar-refractivity contribution is 7.99. The molecule has 0 saturated heterocycles. The van der Waals surface area contributed by atoms with Crippen LogP contribution in [-0.4, -0.2) is 33.3 Å². The summed E-state index contributed by atoms with van der Waals surface area (Å²) < 4.78 is 7.98. The highest BCUT2D eigenvalue weighted by Crippen LogP contribution is 2.26. The number of aryl methyl sites for hydroxylation is 1. The Labute approximate surface area is 197 Å². The van der Waals surface area contributed by atoms with E-state index in [2.05, 4.69) is 15.3 Å². The van der Waals surface area contributed by atoms with Gasteiger partial charge in [-0.15, -0.1) is 0 Å². The molecule has 0 aliphatic heterocycles. The Bertz CT molecular complexity index is 1410. The summed E-state index contributed by atoms with van der Waals surface area (Å²) >= 11 is 7.86. The Morgan fingerprint density at radius 1 is 1.28 bits per heavy atom. The maximum absolute atomic E-state index is 12.7. The molecule has 0 atom stereocenters. The molecule has 2 N–H and O–H groups in total. The summed E-state index contributed by atoms with van der Waals surface area (Å²) in [6.45, 7) is 2.04. The van der Waals surface area contributed by atoms with Gasteiger partial charge in [-0.3, -0.25) is 14.2 Å². The zero-order chi connectivity index (χ0) is 22.7. The average molecular weight is 485 g/mol. The maximum atomic E-state index is 12.7. The molecule has 4 rings (SSSR count). The highest BCUT2D eigenvalue weighted by Gasteiger charge is 2.15. The van der Waals surface area contributed by atoms with Crippen LogP contribution in [-0.2, 0) is 11.2 Å². The predicted molar refractivity (Wildman–Crippen MR) is 132 cm³/mol. The van der Waals surface area contributed by atoms with Crippen molar-refractivity contribution in [1.29, 1.82) is 0 Å². The van der Waals surface area contributed by atoms with E-state index in [1.54, 1.807) is 11.7 Å². The molecule has 0 saturated carbocycles. The summed E-state index contributed by atoms with van der Waals surface area (Å²) in [4.78, 5) is 32.5. The van der Waals surface area contributed by atoms with Crippen molar-refractivity contribution in [3.05, 3.63) is 68.4 Å². The smallest absolute Gasteiger partial charge is 0.271 e. The van der Waals surface area contributed by atoms with Crippen molar-refractivity contribution in [3.63, 3.8) is 0 Å². The molecule has 0 aliphatic rings. The van der Waals surface area contributed by atoms with E-state index in [-0.39, 0.29) is 17.2 Å². The van der Waals surface area contributed by atoms with Crippen LogP contribution in [0.4, 0.5) is 5.69 Å². The molecule has 32 heavy (non-hydrogen) atoms. The third-order valence-corrected chi connectivity index (χ3v) is 6.98. The number of carbonyl (C=O) groups excluding carboxylic acids is 1. The monoisotopic (exact) mass is 484 g/mol. The largest absolute Gasteiger partial charge is 0.497 e. The highest BCUT2D eigenvalue weighted by atomic mass is 32.2. The molecule has 164 valence electrons. The lowest BCUT2D eigenvalue weighted by Gasteiger charge is -2.09. The fourth-order valence-corrected chi connectivity index (χ4v) is 5.14. The summed E-state index contributed by atoms with van der Waals surface area (Å²) in [7, 11) is 1.59. The van der Waals surface area contributed by atoms with Crippen LogP contribution in [0.1, 0.15) is 12.5 Å². The number of aromatic amines is 1. The number of methoxy groups -OCH3 is 1. The summed E-state index contributed by atoms with van der Waals surface area (Å²) in [5.74, 6) is 0.608. The number of thiazole rings is 1. The van der Waals surface area contributed by atoms with Gasteiger partial charge >= 0.3 is 0 Å². The second-order valence-electron chi connectivity index (χ2n) is 6.78. The number of carbonyl (C=O) groups is 1. The Balaban J connectivity index is 1.61. The Morgan fingerprint density at radius 3 is 2.88 bits per heavy atom. The van der Waals surface area contributed by atoms with Gasteiger partial charge in [0.25, 0.3) is 5.56 Å². The molecular formula is C22H20N4O3S3. The van der Waals surface area contributed by atoms with Crippen molar-refractivity contribution < 1.29 is 9.53 Å². The number of anilines is 1. The van der Waals surface area contributed by atoms with E-state index in [9.17, 15) is 9.59 Å². The molecule has 4 aromatic rings. The number of hydrogen-bond acceptors (Lipinski definition) is 7. The molecule has 2 aromatic heterocycles. The molecular weight excluding hydrogens is 464 g/mol. The Kier molecular flexibility index (Phi) is 6.73. The average Bonchev–Trinajstić information content (AvgIpc) is 3.14. The zero-order valence-corrected chi connectivity index (χ0v) is 19.8. The normalized spacial score (nSPS) is 10.9. The minimum atomic E-state index is -0.285. The topological polar surface area (TPSA) is 89.0 Å². The Morgan fingerprint density at radius 2 is 2.09 bits per heavy atom. The number of para-hydroxylation sites is 1. The van der Waals surface area contributed by atoms with E-state index in [1.807, 2.05) is 55.5 Å². The van der Waals surface area contributed by atoms with Gasteiger partial charge in [-0.05, 0) is 42.4 Å². The number of H-pyrrole nitrogens is 1. The first-order valence-electron chi connectivity index (χ1n) is 9.81. The molecule has 0 bridgehead atoms. The predicted octanol–water partition coefficient (Wildman–Crippen LogP) is 4.81. The molecule has 0 radical (unpaired) electrons. The number of nitrogens with zero attached hydrogens (tertiary/aromatic N) is 2. The van der Waals surface area contributed by atoms with Crippen LogP contribution in [0.5, 0.6) is 5.75 Å². The maximum Gasteiger partial charge on any atom is 0.271 e. The third-order valence-electron chi connectivity index (χ3n) is 4.74. The molecule has 0 aliphatic carbocycles. The van der Waals surface area contributed by atoms with Crippen LogP contribution in [0.2, 0.25) is 0 Å². The Hall–Kier alpha value is -2.95. The van der Waals surface area contributed by atoms with Gasteiger partial charge in [0.2, 0.25) is 5.91 Å². The first-order chi connectivity index (χ1) is 15.5. The first kappa shape index (κ1) is 22.3. The van der Waals surface area contributed by atoms with Gasteiger partial charge in [0.1, 0.15) is 10.4 Å². The lowest BCUT2D eigenvalue weighted by atomic mass is 10.1. The second kappa shape index (κ2) is 9.68. The van der Waals surface area contributed by atoms with Crippen LogP contribution in [0.3, 0.4) is 0 Å². The van der Waals surface area contributed by atoms with Crippen molar-refractivity contribution in [2.45, 2.75) is 18.5 Å². The number of aromatic nitrogens is 3. The van der Waals surface area contributed by atoms with Crippen LogP contribution in [0.15, 0.2) is 58.5 Å². The molecule has 0 fully saturated rings. The minimum absolute atomic E-state index is 0.108. The van der Waals surface area contributed by atoms with Gasteiger partial charge < -0.3 is 15.0 Å². The molecule has 2 aromatic carbocycles. The van der Waals surface area contributed by atoms with Crippen molar-refractivity contribution >= 4 is 57.3 Å². The lowest BCUT2D eigenvalue weighted by molar-refractivity contribution is -0.113. The number of rotatable bonds is 7. The SMILES string of the molecule is CCc1ccccc1NC(=O)CSc1nc2c(sc(=S)n2-c2cccc(OC)c2)c(=O)[nH]1. The van der Waals surface area contributed by atoms with Gasteiger partial charge in [0.05, 0.1) is 18.6 Å². The quantitative estimate of drug-likeness (QED) is 0.222.